The lowest BCUT2D eigenvalue weighted by molar-refractivity contribution is -0.921. The number of piperidine rings is 1. The van der Waals surface area contributed by atoms with E-state index in [9.17, 15) is 4.79 Å². The first-order chi connectivity index (χ1) is 9.10. The van der Waals surface area contributed by atoms with E-state index in [2.05, 4.69) is 19.1 Å². The van der Waals surface area contributed by atoms with E-state index in [4.69, 9.17) is 10.5 Å². The molecule has 19 heavy (non-hydrogen) atoms. The minimum atomic E-state index is -0.150. The third-order valence-electron chi connectivity index (χ3n) is 3.93. The molecule has 0 aliphatic carbocycles. The van der Waals surface area contributed by atoms with Crippen LogP contribution in [0.25, 0.3) is 0 Å². The zero-order valence-corrected chi connectivity index (χ0v) is 11.7. The van der Waals surface area contributed by atoms with Crippen molar-refractivity contribution in [3.8, 4) is 5.75 Å². The number of likely N-dealkylation sites (tertiary alicyclic amines) is 1. The second-order valence-electron chi connectivity index (χ2n) is 5.43. The predicted octanol–water partition coefficient (Wildman–Crippen LogP) is 0.284. The minimum Gasteiger partial charge on any atom is -0.496 e. The molecule has 1 unspecified atom stereocenters. The topological polar surface area (TPSA) is 56.8 Å². The van der Waals surface area contributed by atoms with Crippen LogP contribution in [0.4, 0.5) is 0 Å². The first-order valence-electron chi connectivity index (χ1n) is 6.86. The van der Waals surface area contributed by atoms with Crippen LogP contribution < -0.4 is 15.4 Å². The molecule has 1 saturated heterocycles. The van der Waals surface area contributed by atoms with Gasteiger partial charge in [-0.2, -0.15) is 0 Å². The molecule has 0 radical (unpaired) electrons. The Labute approximate surface area is 114 Å². The van der Waals surface area contributed by atoms with Crippen LogP contribution in [-0.4, -0.2) is 26.1 Å². The fraction of sp³-hybridized carbons (Fsp3) is 0.533. The highest BCUT2D eigenvalue weighted by Crippen LogP contribution is 2.18. The van der Waals surface area contributed by atoms with Gasteiger partial charge in [0.1, 0.15) is 12.3 Å². The zero-order chi connectivity index (χ0) is 13.8. The molecule has 4 heteroatoms. The summed E-state index contributed by atoms with van der Waals surface area (Å²) in [5.41, 5.74) is 7.86. The van der Waals surface area contributed by atoms with Gasteiger partial charge in [-0.25, -0.2) is 0 Å². The summed E-state index contributed by atoms with van der Waals surface area (Å²) in [6.07, 6.45) is 2.03. The number of nitrogens with two attached hydrogens (primary N) is 1. The lowest BCUT2D eigenvalue weighted by Crippen LogP contribution is -3.12. The van der Waals surface area contributed by atoms with Gasteiger partial charge in [0.15, 0.2) is 0 Å². The maximum atomic E-state index is 11.3. The Morgan fingerprint density at radius 2 is 2.32 bits per heavy atom. The van der Waals surface area contributed by atoms with Crippen molar-refractivity contribution in [2.24, 2.45) is 11.7 Å². The molecule has 4 nitrogen and oxygen atoms in total. The molecule has 2 rings (SSSR count). The van der Waals surface area contributed by atoms with Crippen molar-refractivity contribution < 1.29 is 14.4 Å². The van der Waals surface area contributed by atoms with Crippen LogP contribution >= 0.6 is 0 Å². The first-order valence-corrected chi connectivity index (χ1v) is 6.86. The quantitative estimate of drug-likeness (QED) is 0.820. The molecule has 1 aromatic carbocycles. The lowest BCUT2D eigenvalue weighted by Gasteiger charge is -2.28. The van der Waals surface area contributed by atoms with Gasteiger partial charge in [0.25, 0.3) is 0 Å². The lowest BCUT2D eigenvalue weighted by atomic mass is 9.97. The van der Waals surface area contributed by atoms with Crippen LogP contribution in [0.3, 0.4) is 0 Å². The Bertz CT molecular complexity index is 459. The molecule has 0 saturated carbocycles. The van der Waals surface area contributed by atoms with Gasteiger partial charge in [0.2, 0.25) is 5.91 Å². The van der Waals surface area contributed by atoms with Crippen LogP contribution in [0.2, 0.25) is 0 Å². The molecule has 1 aliphatic rings. The minimum absolute atomic E-state index is 0.0445. The van der Waals surface area contributed by atoms with Gasteiger partial charge in [-0.3, -0.25) is 4.79 Å². The van der Waals surface area contributed by atoms with Gasteiger partial charge < -0.3 is 15.4 Å². The second-order valence-corrected chi connectivity index (χ2v) is 5.43. The molecule has 2 atom stereocenters. The Kier molecular flexibility index (Phi) is 4.43. The van der Waals surface area contributed by atoms with E-state index in [1.165, 1.54) is 10.5 Å². The Hall–Kier alpha value is -1.55. The Balaban J connectivity index is 2.00. The fourth-order valence-electron chi connectivity index (χ4n) is 2.89. The van der Waals surface area contributed by atoms with E-state index in [0.717, 1.165) is 43.8 Å². The average Bonchev–Trinajstić information content (AvgIpc) is 2.39. The number of nitrogens with one attached hydrogen (secondary N) is 1. The monoisotopic (exact) mass is 263 g/mol. The van der Waals surface area contributed by atoms with Gasteiger partial charge in [-0.05, 0) is 43.5 Å². The van der Waals surface area contributed by atoms with Crippen LogP contribution in [-0.2, 0) is 11.3 Å². The highest BCUT2D eigenvalue weighted by atomic mass is 16.5. The normalized spacial score (nSPS) is 23.1. The second kappa shape index (κ2) is 6.06. The van der Waals surface area contributed by atoms with Gasteiger partial charge in [-0.15, -0.1) is 0 Å². The van der Waals surface area contributed by atoms with Crippen molar-refractivity contribution in [1.82, 2.24) is 0 Å². The first kappa shape index (κ1) is 13.9. The number of hydrogen-bond donors (Lipinski definition) is 2. The van der Waals surface area contributed by atoms with E-state index in [0.29, 0.717) is 0 Å². The Morgan fingerprint density at radius 3 is 2.95 bits per heavy atom. The summed E-state index contributed by atoms with van der Waals surface area (Å²) in [6, 6.07) is 6.28. The van der Waals surface area contributed by atoms with Crippen LogP contribution in [0.1, 0.15) is 24.0 Å². The van der Waals surface area contributed by atoms with Gasteiger partial charge in [-0.1, -0.05) is 0 Å². The maximum Gasteiger partial charge on any atom is 0.226 e. The number of hydrogen-bond acceptors (Lipinski definition) is 2. The average molecular weight is 263 g/mol. The molecule has 3 N–H and O–H groups in total. The van der Waals surface area contributed by atoms with E-state index in [-0.39, 0.29) is 11.8 Å². The summed E-state index contributed by atoms with van der Waals surface area (Å²) in [7, 11) is 1.69. The highest BCUT2D eigenvalue weighted by molar-refractivity contribution is 5.76. The maximum absolute atomic E-state index is 11.3. The molecule has 1 amide bonds. The fourth-order valence-corrected chi connectivity index (χ4v) is 2.89. The van der Waals surface area contributed by atoms with Crippen molar-refractivity contribution in [3.05, 3.63) is 29.3 Å². The van der Waals surface area contributed by atoms with E-state index in [1.54, 1.807) is 7.11 Å². The van der Waals surface area contributed by atoms with Crippen molar-refractivity contribution in [1.29, 1.82) is 0 Å². The van der Waals surface area contributed by atoms with Crippen molar-refractivity contribution in [2.45, 2.75) is 26.3 Å². The number of carbonyl (C=O) groups excluding carboxylic acids is 1. The summed E-state index contributed by atoms with van der Waals surface area (Å²) in [6.45, 7) is 4.99. The summed E-state index contributed by atoms with van der Waals surface area (Å²) < 4.78 is 5.27. The van der Waals surface area contributed by atoms with Crippen LogP contribution in [0.5, 0.6) is 5.75 Å². The number of primary amides is 1. The van der Waals surface area contributed by atoms with E-state index < -0.39 is 0 Å². The van der Waals surface area contributed by atoms with E-state index >= 15 is 0 Å². The summed E-state index contributed by atoms with van der Waals surface area (Å²) in [4.78, 5) is 12.7. The van der Waals surface area contributed by atoms with Crippen molar-refractivity contribution >= 4 is 5.91 Å². The molecular weight excluding hydrogens is 240 g/mol. The smallest absolute Gasteiger partial charge is 0.226 e. The number of carbonyl (C=O) groups is 1. The molecule has 104 valence electrons. The molecule has 1 heterocycles. The van der Waals surface area contributed by atoms with Crippen LogP contribution in [0.15, 0.2) is 18.2 Å². The number of methoxy groups -OCH3 is 1. The number of amides is 1. The van der Waals surface area contributed by atoms with Crippen molar-refractivity contribution in [2.75, 3.05) is 20.2 Å². The van der Waals surface area contributed by atoms with Crippen molar-refractivity contribution in [3.63, 3.8) is 0 Å². The summed E-state index contributed by atoms with van der Waals surface area (Å²) in [5.74, 6) is 0.818. The molecule has 1 fully saturated rings. The number of ether oxygens (including phenoxy) is 1. The largest absolute Gasteiger partial charge is 0.496 e. The third kappa shape index (κ3) is 3.47. The van der Waals surface area contributed by atoms with Crippen LogP contribution in [0, 0.1) is 12.8 Å². The number of aryl methyl sites for hydroxylation is 1. The number of quaternary nitrogens is 1. The zero-order valence-electron chi connectivity index (χ0n) is 11.7. The standard InChI is InChI=1S/C15H22N2O2/c1-11-8-12(5-6-14(11)19-2)9-17-7-3-4-13(10-17)15(16)18/h5-6,8,13H,3-4,7,9-10H2,1-2H3,(H2,16,18)/p+1/t13-/m1/s1. The molecule has 0 bridgehead atoms. The summed E-state index contributed by atoms with van der Waals surface area (Å²) in [5, 5.41) is 0. The predicted molar refractivity (Wildman–Crippen MR) is 74.1 cm³/mol. The van der Waals surface area contributed by atoms with Gasteiger partial charge in [0, 0.05) is 5.56 Å². The van der Waals surface area contributed by atoms with Gasteiger partial charge in [0.05, 0.1) is 26.1 Å². The molecule has 0 aromatic heterocycles. The number of rotatable bonds is 4. The molecule has 1 aliphatic heterocycles. The highest BCUT2D eigenvalue weighted by Gasteiger charge is 2.26. The SMILES string of the molecule is COc1ccc(C[NH+]2CCC[C@@H](C(N)=O)C2)cc1C. The third-order valence-corrected chi connectivity index (χ3v) is 3.93. The Morgan fingerprint density at radius 1 is 1.53 bits per heavy atom. The molecular formula is C15H23N2O2+. The number of benzene rings is 1. The molecule has 0 spiro atoms. The molecule has 1 aromatic rings. The summed E-state index contributed by atoms with van der Waals surface area (Å²) >= 11 is 0. The van der Waals surface area contributed by atoms with Gasteiger partial charge >= 0.3 is 0 Å². The van der Waals surface area contributed by atoms with E-state index in [1.807, 2.05) is 6.07 Å².